The van der Waals surface area contributed by atoms with Gasteiger partial charge in [0.25, 0.3) is 0 Å². The van der Waals surface area contributed by atoms with Crippen molar-refractivity contribution in [3.05, 3.63) is 24.0 Å². The van der Waals surface area contributed by atoms with Gasteiger partial charge in [-0.05, 0) is 24.5 Å². The first-order valence-electron chi connectivity index (χ1n) is 7.11. The Morgan fingerprint density at radius 2 is 2.26 bits per heavy atom. The maximum Gasteiger partial charge on any atom is 0.0769 e. The molecule has 2 atom stereocenters. The molecule has 1 fully saturated rings. The summed E-state index contributed by atoms with van der Waals surface area (Å²) in [7, 11) is 0. The highest BCUT2D eigenvalue weighted by Crippen LogP contribution is 2.43. The molecule has 4 nitrogen and oxygen atoms in total. The van der Waals surface area contributed by atoms with Gasteiger partial charge in [0.05, 0.1) is 11.8 Å². The summed E-state index contributed by atoms with van der Waals surface area (Å²) in [5, 5.41) is 11.5. The van der Waals surface area contributed by atoms with Crippen molar-refractivity contribution in [3.8, 4) is 0 Å². The zero-order chi connectivity index (χ0) is 13.9. The Balaban J connectivity index is 1.78. The summed E-state index contributed by atoms with van der Waals surface area (Å²) in [5.74, 6) is 0.599. The first-order valence-corrected chi connectivity index (χ1v) is 7.11. The van der Waals surface area contributed by atoms with E-state index in [-0.39, 0.29) is 5.41 Å². The van der Waals surface area contributed by atoms with Crippen molar-refractivity contribution in [2.24, 2.45) is 11.3 Å². The minimum Gasteiger partial charge on any atom is -0.377 e. The Kier molecular flexibility index (Phi) is 4.53. The molecule has 19 heavy (non-hydrogen) atoms. The van der Waals surface area contributed by atoms with Crippen molar-refractivity contribution >= 4 is 0 Å². The summed E-state index contributed by atoms with van der Waals surface area (Å²) in [4.78, 5) is 0. The van der Waals surface area contributed by atoms with E-state index >= 15 is 0 Å². The average Bonchev–Trinajstić information content (AvgIpc) is 2.37. The van der Waals surface area contributed by atoms with Gasteiger partial charge in [-0.2, -0.15) is 10.2 Å². The van der Waals surface area contributed by atoms with Gasteiger partial charge in [0.15, 0.2) is 0 Å². The van der Waals surface area contributed by atoms with E-state index in [1.54, 1.807) is 6.20 Å². The lowest BCUT2D eigenvalue weighted by Gasteiger charge is -2.52. The van der Waals surface area contributed by atoms with E-state index in [1.807, 2.05) is 12.1 Å². The molecule has 106 valence electrons. The van der Waals surface area contributed by atoms with Crippen LogP contribution < -0.4 is 5.32 Å². The number of hydrogen-bond acceptors (Lipinski definition) is 4. The molecule has 1 saturated carbocycles. The van der Waals surface area contributed by atoms with Gasteiger partial charge < -0.3 is 10.1 Å². The van der Waals surface area contributed by atoms with Crippen LogP contribution in [-0.2, 0) is 11.3 Å². The fourth-order valence-electron chi connectivity index (χ4n) is 2.48. The predicted molar refractivity (Wildman–Crippen MR) is 75.6 cm³/mol. The van der Waals surface area contributed by atoms with E-state index in [4.69, 9.17) is 4.74 Å². The van der Waals surface area contributed by atoms with Gasteiger partial charge in [0.1, 0.15) is 0 Å². The van der Waals surface area contributed by atoms with Crippen LogP contribution in [0.2, 0.25) is 0 Å². The lowest BCUT2D eigenvalue weighted by atomic mass is 9.64. The van der Waals surface area contributed by atoms with E-state index < -0.39 is 0 Å². The number of ether oxygens (including phenoxy) is 1. The fraction of sp³-hybridized carbons (Fsp3) is 0.733. The van der Waals surface area contributed by atoms with Crippen LogP contribution in [0.25, 0.3) is 0 Å². The fourth-order valence-corrected chi connectivity index (χ4v) is 2.48. The van der Waals surface area contributed by atoms with Gasteiger partial charge >= 0.3 is 0 Å². The highest BCUT2D eigenvalue weighted by Gasteiger charge is 2.48. The quantitative estimate of drug-likeness (QED) is 0.856. The summed E-state index contributed by atoms with van der Waals surface area (Å²) in [6.07, 6.45) is 3.15. The second-order valence-corrected chi connectivity index (χ2v) is 6.42. The predicted octanol–water partition coefficient (Wildman–Crippen LogP) is 2.41. The monoisotopic (exact) mass is 263 g/mol. The van der Waals surface area contributed by atoms with Crippen molar-refractivity contribution in [3.63, 3.8) is 0 Å². The minimum absolute atomic E-state index is 0.192. The number of rotatable bonds is 6. The van der Waals surface area contributed by atoms with E-state index in [2.05, 4.69) is 43.2 Å². The van der Waals surface area contributed by atoms with Crippen LogP contribution in [0.15, 0.2) is 18.3 Å². The Bertz CT molecular complexity index is 392. The largest absolute Gasteiger partial charge is 0.377 e. The Hall–Kier alpha value is -1.00. The smallest absolute Gasteiger partial charge is 0.0769 e. The Morgan fingerprint density at radius 3 is 2.84 bits per heavy atom. The molecule has 0 aromatic carbocycles. The first-order chi connectivity index (χ1) is 9.00. The summed E-state index contributed by atoms with van der Waals surface area (Å²) in [5.41, 5.74) is 1.18. The van der Waals surface area contributed by atoms with Crippen LogP contribution in [0.5, 0.6) is 0 Å². The van der Waals surface area contributed by atoms with Gasteiger partial charge in [0, 0.05) is 30.8 Å². The van der Waals surface area contributed by atoms with Crippen molar-refractivity contribution in [1.29, 1.82) is 0 Å². The van der Waals surface area contributed by atoms with E-state index in [0.29, 0.717) is 18.1 Å². The topological polar surface area (TPSA) is 47.0 Å². The molecule has 0 saturated heterocycles. The van der Waals surface area contributed by atoms with Gasteiger partial charge in [-0.1, -0.05) is 27.7 Å². The third kappa shape index (κ3) is 3.51. The van der Waals surface area contributed by atoms with Crippen LogP contribution >= 0.6 is 0 Å². The van der Waals surface area contributed by atoms with Crippen LogP contribution in [0.4, 0.5) is 0 Å². The van der Waals surface area contributed by atoms with Gasteiger partial charge in [0.2, 0.25) is 0 Å². The normalized spacial score (nSPS) is 25.3. The molecule has 1 heterocycles. The summed E-state index contributed by atoms with van der Waals surface area (Å²) in [6.45, 7) is 10.6. The molecule has 1 aromatic heterocycles. The van der Waals surface area contributed by atoms with Gasteiger partial charge in [-0.3, -0.25) is 0 Å². The second kappa shape index (κ2) is 5.97. The lowest BCUT2D eigenvalue weighted by Crippen LogP contribution is -2.60. The molecule has 0 bridgehead atoms. The minimum atomic E-state index is 0.192. The van der Waals surface area contributed by atoms with Gasteiger partial charge in [-0.25, -0.2) is 0 Å². The maximum absolute atomic E-state index is 5.97. The molecule has 0 aliphatic heterocycles. The SMILES string of the molecule is CC(C)COC1CC(NCc2cccnn2)C1(C)C. The molecular weight excluding hydrogens is 238 g/mol. The maximum atomic E-state index is 5.97. The van der Waals surface area contributed by atoms with Crippen molar-refractivity contribution in [2.45, 2.75) is 52.8 Å². The summed E-state index contributed by atoms with van der Waals surface area (Å²) >= 11 is 0. The molecule has 1 aliphatic carbocycles. The standard InChI is InChI=1S/C15H25N3O/c1-11(2)10-19-14-8-13(15(14,3)4)16-9-12-6-5-7-17-18-12/h5-7,11,13-14,16H,8-10H2,1-4H3. The molecule has 0 spiro atoms. The molecule has 1 N–H and O–H groups in total. The zero-order valence-corrected chi connectivity index (χ0v) is 12.4. The molecule has 2 rings (SSSR count). The lowest BCUT2D eigenvalue weighted by molar-refractivity contribution is -0.124. The van der Waals surface area contributed by atoms with Crippen LogP contribution in [0.1, 0.15) is 39.8 Å². The molecule has 4 heteroatoms. The van der Waals surface area contributed by atoms with Crippen molar-refractivity contribution < 1.29 is 4.74 Å². The second-order valence-electron chi connectivity index (χ2n) is 6.42. The van der Waals surface area contributed by atoms with Gasteiger partial charge in [-0.15, -0.1) is 0 Å². The third-order valence-electron chi connectivity index (χ3n) is 3.97. The molecular formula is C15H25N3O. The number of nitrogens with one attached hydrogen (secondary N) is 1. The third-order valence-corrected chi connectivity index (χ3v) is 3.97. The summed E-state index contributed by atoms with van der Waals surface area (Å²) in [6, 6.07) is 4.41. The van der Waals surface area contributed by atoms with E-state index in [9.17, 15) is 0 Å². The highest BCUT2D eigenvalue weighted by molar-refractivity contribution is 5.05. The Morgan fingerprint density at radius 1 is 1.47 bits per heavy atom. The Labute approximate surface area is 116 Å². The molecule has 0 amide bonds. The molecule has 2 unspecified atom stereocenters. The number of aromatic nitrogens is 2. The molecule has 1 aliphatic rings. The average molecular weight is 263 g/mol. The molecule has 0 radical (unpaired) electrons. The number of hydrogen-bond donors (Lipinski definition) is 1. The van der Waals surface area contributed by atoms with Crippen LogP contribution in [0, 0.1) is 11.3 Å². The van der Waals surface area contributed by atoms with Crippen molar-refractivity contribution in [2.75, 3.05) is 6.61 Å². The highest BCUT2D eigenvalue weighted by atomic mass is 16.5. The molecule has 1 aromatic rings. The van der Waals surface area contributed by atoms with Crippen LogP contribution in [-0.4, -0.2) is 29.0 Å². The van der Waals surface area contributed by atoms with Crippen molar-refractivity contribution in [1.82, 2.24) is 15.5 Å². The van der Waals surface area contributed by atoms with Crippen LogP contribution in [0.3, 0.4) is 0 Å². The zero-order valence-electron chi connectivity index (χ0n) is 12.4. The first kappa shape index (κ1) is 14.4. The van der Waals surface area contributed by atoms with E-state index in [0.717, 1.165) is 25.3 Å². The van der Waals surface area contributed by atoms with E-state index in [1.165, 1.54) is 0 Å². The number of nitrogens with zero attached hydrogens (tertiary/aromatic N) is 2. The summed E-state index contributed by atoms with van der Waals surface area (Å²) < 4.78 is 5.97.